The Balaban J connectivity index is 1.78. The van der Waals surface area contributed by atoms with Crippen molar-refractivity contribution in [2.45, 2.75) is 12.8 Å². The Labute approximate surface area is 138 Å². The molecule has 5 heteroatoms. The number of rotatable bonds is 1. The van der Waals surface area contributed by atoms with Gasteiger partial charge >= 0.3 is 0 Å². The van der Waals surface area contributed by atoms with Crippen molar-refractivity contribution < 1.29 is 14.7 Å². The smallest absolute Gasteiger partial charge is 0.257 e. The summed E-state index contributed by atoms with van der Waals surface area (Å²) in [4.78, 5) is 27.6. The van der Waals surface area contributed by atoms with Crippen LogP contribution in [0.1, 0.15) is 18.4 Å². The van der Waals surface area contributed by atoms with E-state index in [1.807, 2.05) is 30.4 Å². The van der Waals surface area contributed by atoms with E-state index >= 15 is 0 Å². The first kappa shape index (κ1) is 14.4. The van der Waals surface area contributed by atoms with Gasteiger partial charge in [0.2, 0.25) is 5.91 Å². The van der Waals surface area contributed by atoms with Gasteiger partial charge in [0.1, 0.15) is 5.75 Å². The van der Waals surface area contributed by atoms with E-state index < -0.39 is 0 Å². The van der Waals surface area contributed by atoms with Gasteiger partial charge in [-0.3, -0.25) is 19.9 Å². The molecule has 2 N–H and O–H groups in total. The van der Waals surface area contributed by atoms with E-state index in [-0.39, 0.29) is 24.0 Å². The Morgan fingerprint density at radius 3 is 3.00 bits per heavy atom. The van der Waals surface area contributed by atoms with E-state index in [0.29, 0.717) is 12.0 Å². The van der Waals surface area contributed by atoms with Gasteiger partial charge < -0.3 is 5.11 Å². The standard InChI is InChI=1S/C19H14N2O3/c22-14-8-12(15-2-1-5-20-17(15)10-14)6-11-3-4-16-13(7-11)9-18(23)21-19(16)24/h1-2,4-8,10,22H,3,9H2,(H,21,23,24). The number of phenols is 1. The van der Waals surface area contributed by atoms with Gasteiger partial charge in [-0.25, -0.2) is 0 Å². The van der Waals surface area contributed by atoms with Crippen LogP contribution in [0.4, 0.5) is 0 Å². The lowest BCUT2D eigenvalue weighted by molar-refractivity contribution is -0.129. The second-order valence-corrected chi connectivity index (χ2v) is 5.87. The normalized spacial score (nSPS) is 18.9. The lowest BCUT2D eigenvalue weighted by Crippen LogP contribution is -2.37. The third-order valence-corrected chi connectivity index (χ3v) is 4.17. The van der Waals surface area contributed by atoms with Crippen LogP contribution in [0, 0.1) is 0 Å². The Bertz CT molecular complexity index is 983. The quantitative estimate of drug-likeness (QED) is 0.792. The summed E-state index contributed by atoms with van der Waals surface area (Å²) < 4.78 is 0. The van der Waals surface area contributed by atoms with Crippen molar-refractivity contribution in [3.63, 3.8) is 0 Å². The van der Waals surface area contributed by atoms with Gasteiger partial charge in [0.15, 0.2) is 0 Å². The zero-order chi connectivity index (χ0) is 16.7. The summed E-state index contributed by atoms with van der Waals surface area (Å²) in [5.74, 6) is -0.458. The topological polar surface area (TPSA) is 79.3 Å². The molecule has 0 saturated carbocycles. The number of imide groups is 1. The number of hydrogen-bond acceptors (Lipinski definition) is 4. The molecule has 1 aromatic carbocycles. The van der Waals surface area contributed by atoms with Crippen LogP contribution in [0.2, 0.25) is 0 Å². The Morgan fingerprint density at radius 1 is 1.25 bits per heavy atom. The van der Waals surface area contributed by atoms with Crippen LogP contribution in [-0.4, -0.2) is 21.9 Å². The van der Waals surface area contributed by atoms with Crippen LogP contribution < -0.4 is 5.32 Å². The number of hydrogen-bond donors (Lipinski definition) is 2. The molecule has 2 aliphatic rings. The minimum atomic E-state index is -0.330. The summed E-state index contributed by atoms with van der Waals surface area (Å²) >= 11 is 0. The third-order valence-electron chi connectivity index (χ3n) is 4.17. The van der Waals surface area contributed by atoms with E-state index in [2.05, 4.69) is 10.3 Å². The molecule has 5 nitrogen and oxygen atoms in total. The van der Waals surface area contributed by atoms with Crippen molar-refractivity contribution in [3.8, 4) is 5.75 Å². The SMILES string of the molecule is O=C1CC2=CC(=Cc3cc(O)cc4ncccc34)CC=C2C(=O)N1. The van der Waals surface area contributed by atoms with Crippen LogP contribution in [-0.2, 0) is 9.59 Å². The van der Waals surface area contributed by atoms with E-state index in [9.17, 15) is 14.7 Å². The van der Waals surface area contributed by atoms with Gasteiger partial charge in [-0.05, 0) is 35.3 Å². The average Bonchev–Trinajstić information content (AvgIpc) is 2.54. The number of fused-ring (bicyclic) bond motifs is 2. The van der Waals surface area contributed by atoms with Gasteiger partial charge in [-0.15, -0.1) is 0 Å². The van der Waals surface area contributed by atoms with Gasteiger partial charge in [0, 0.05) is 23.2 Å². The number of aromatic nitrogens is 1. The van der Waals surface area contributed by atoms with Crippen LogP contribution in [0.5, 0.6) is 5.75 Å². The number of amides is 2. The molecule has 4 rings (SSSR count). The maximum Gasteiger partial charge on any atom is 0.257 e. The fourth-order valence-electron chi connectivity index (χ4n) is 3.12. The number of carbonyl (C=O) groups is 2. The molecular weight excluding hydrogens is 304 g/mol. The number of carbonyl (C=O) groups excluding carboxylic acids is 2. The monoisotopic (exact) mass is 318 g/mol. The highest BCUT2D eigenvalue weighted by molar-refractivity contribution is 6.12. The van der Waals surface area contributed by atoms with E-state index in [1.165, 1.54) is 0 Å². The summed E-state index contributed by atoms with van der Waals surface area (Å²) in [6.07, 6.45) is 8.17. The second kappa shape index (κ2) is 5.45. The first-order valence-corrected chi connectivity index (χ1v) is 7.64. The number of benzene rings is 1. The number of aromatic hydroxyl groups is 1. The summed E-state index contributed by atoms with van der Waals surface area (Å²) in [5.41, 5.74) is 3.87. The molecule has 0 unspecified atom stereocenters. The molecule has 118 valence electrons. The van der Waals surface area contributed by atoms with Crippen molar-refractivity contribution >= 4 is 28.8 Å². The van der Waals surface area contributed by atoms with Gasteiger partial charge in [0.05, 0.1) is 11.9 Å². The lowest BCUT2D eigenvalue weighted by atomic mass is 9.88. The molecule has 24 heavy (non-hydrogen) atoms. The van der Waals surface area contributed by atoms with Crippen molar-refractivity contribution in [2.75, 3.05) is 0 Å². The molecule has 0 spiro atoms. The first-order chi connectivity index (χ1) is 11.6. The fourth-order valence-corrected chi connectivity index (χ4v) is 3.12. The number of nitrogens with zero attached hydrogens (tertiary/aromatic N) is 1. The maximum absolute atomic E-state index is 11.8. The third kappa shape index (κ3) is 2.50. The van der Waals surface area contributed by atoms with Crippen molar-refractivity contribution in [3.05, 3.63) is 64.9 Å². The molecule has 1 aliphatic heterocycles. The highest BCUT2D eigenvalue weighted by Gasteiger charge is 2.26. The number of pyridine rings is 1. The summed E-state index contributed by atoms with van der Waals surface area (Å²) in [7, 11) is 0. The zero-order valence-electron chi connectivity index (χ0n) is 12.7. The Hall–Kier alpha value is -3.21. The van der Waals surface area contributed by atoms with Gasteiger partial charge in [-0.1, -0.05) is 24.3 Å². The average molecular weight is 318 g/mol. The summed E-state index contributed by atoms with van der Waals surface area (Å²) in [6, 6.07) is 7.11. The number of nitrogens with one attached hydrogen (secondary N) is 1. The number of allylic oxidation sites excluding steroid dienone is 3. The molecule has 2 aromatic rings. The Kier molecular flexibility index (Phi) is 3.27. The van der Waals surface area contributed by atoms with Crippen LogP contribution >= 0.6 is 0 Å². The second-order valence-electron chi connectivity index (χ2n) is 5.87. The van der Waals surface area contributed by atoms with Gasteiger partial charge in [-0.2, -0.15) is 0 Å². The number of phenolic OH excluding ortho intramolecular Hbond substituents is 1. The highest BCUT2D eigenvalue weighted by atomic mass is 16.3. The molecule has 0 bridgehead atoms. The lowest BCUT2D eigenvalue weighted by Gasteiger charge is -2.21. The first-order valence-electron chi connectivity index (χ1n) is 7.64. The molecule has 1 aromatic heterocycles. The van der Waals surface area contributed by atoms with Crippen molar-refractivity contribution in [2.24, 2.45) is 0 Å². The fraction of sp³-hybridized carbons (Fsp3) is 0.105. The summed E-state index contributed by atoms with van der Waals surface area (Å²) in [6.45, 7) is 0. The molecular formula is C19H14N2O3. The summed E-state index contributed by atoms with van der Waals surface area (Å²) in [5, 5.41) is 13.2. The van der Waals surface area contributed by atoms with Crippen LogP contribution in [0.25, 0.3) is 17.0 Å². The molecule has 0 atom stereocenters. The largest absolute Gasteiger partial charge is 0.508 e. The molecule has 1 fully saturated rings. The highest BCUT2D eigenvalue weighted by Crippen LogP contribution is 2.31. The Morgan fingerprint density at radius 2 is 2.12 bits per heavy atom. The van der Waals surface area contributed by atoms with E-state index in [4.69, 9.17) is 0 Å². The predicted octanol–water partition coefficient (Wildman–Crippen LogP) is 2.63. The van der Waals surface area contributed by atoms with Crippen molar-refractivity contribution in [1.82, 2.24) is 10.3 Å². The molecule has 1 aliphatic carbocycles. The molecule has 0 radical (unpaired) electrons. The maximum atomic E-state index is 11.8. The molecule has 2 heterocycles. The molecule has 1 saturated heterocycles. The van der Waals surface area contributed by atoms with Crippen LogP contribution in [0.15, 0.2) is 59.3 Å². The van der Waals surface area contributed by atoms with E-state index in [0.717, 1.165) is 27.6 Å². The number of piperidine rings is 1. The predicted molar refractivity (Wildman–Crippen MR) is 89.9 cm³/mol. The van der Waals surface area contributed by atoms with Crippen LogP contribution in [0.3, 0.4) is 0 Å². The minimum Gasteiger partial charge on any atom is -0.508 e. The zero-order valence-corrected chi connectivity index (χ0v) is 12.7. The van der Waals surface area contributed by atoms with E-state index in [1.54, 1.807) is 18.3 Å². The molecule has 2 amide bonds. The van der Waals surface area contributed by atoms with Gasteiger partial charge in [0.25, 0.3) is 5.91 Å². The van der Waals surface area contributed by atoms with Crippen molar-refractivity contribution in [1.29, 1.82) is 0 Å². The minimum absolute atomic E-state index is 0.153.